The zero-order valence-corrected chi connectivity index (χ0v) is 18.7. The van der Waals surface area contributed by atoms with Gasteiger partial charge >= 0.3 is 0 Å². The number of benzene rings is 1. The van der Waals surface area contributed by atoms with E-state index in [2.05, 4.69) is 17.0 Å². The van der Waals surface area contributed by atoms with Gasteiger partial charge in [-0.15, -0.1) is 11.3 Å². The molecule has 1 aliphatic heterocycles. The van der Waals surface area contributed by atoms with Gasteiger partial charge < -0.3 is 9.80 Å². The van der Waals surface area contributed by atoms with Crippen LogP contribution in [0.5, 0.6) is 0 Å². The normalized spacial score (nSPS) is 14.4. The zero-order valence-electron chi connectivity index (χ0n) is 17.9. The van der Waals surface area contributed by atoms with Crippen LogP contribution in [0.15, 0.2) is 30.3 Å². The Labute approximate surface area is 182 Å². The number of nitriles is 1. The first-order valence-electron chi connectivity index (χ1n) is 10.2. The molecule has 2 amide bonds. The fourth-order valence-corrected chi connectivity index (χ4v) is 4.59. The van der Waals surface area contributed by atoms with Crippen LogP contribution in [0.2, 0.25) is 0 Å². The van der Waals surface area contributed by atoms with Crippen molar-refractivity contribution in [3.63, 3.8) is 0 Å². The van der Waals surface area contributed by atoms with Gasteiger partial charge in [-0.05, 0) is 56.2 Å². The van der Waals surface area contributed by atoms with Gasteiger partial charge in [-0.3, -0.25) is 14.5 Å². The topological polar surface area (TPSA) is 67.7 Å². The van der Waals surface area contributed by atoms with Crippen molar-refractivity contribution in [1.82, 2.24) is 9.80 Å². The number of carbonyl (C=O) groups excluding carboxylic acids is 2. The predicted octanol–water partition coefficient (Wildman–Crippen LogP) is 3.38. The number of amides is 2. The van der Waals surface area contributed by atoms with Crippen molar-refractivity contribution in [2.45, 2.75) is 27.2 Å². The summed E-state index contributed by atoms with van der Waals surface area (Å²) in [6, 6.07) is 12.0. The Bertz CT molecular complexity index is 934. The van der Waals surface area contributed by atoms with Crippen LogP contribution in [0.1, 0.15) is 32.1 Å². The molecule has 2 heterocycles. The lowest BCUT2D eigenvalue weighted by Gasteiger charge is -2.35. The maximum atomic E-state index is 13.1. The lowest BCUT2D eigenvalue weighted by atomic mass is 10.1. The minimum absolute atomic E-state index is 0.0103. The summed E-state index contributed by atoms with van der Waals surface area (Å²) in [6.07, 6.45) is 0.293. The van der Waals surface area contributed by atoms with Crippen LogP contribution in [0.4, 0.5) is 5.69 Å². The molecule has 0 atom stereocenters. The second kappa shape index (κ2) is 9.88. The van der Waals surface area contributed by atoms with Gasteiger partial charge in [0.15, 0.2) is 0 Å². The molecule has 0 bridgehead atoms. The van der Waals surface area contributed by atoms with Gasteiger partial charge in [-0.2, -0.15) is 5.26 Å². The van der Waals surface area contributed by atoms with Gasteiger partial charge in [0.1, 0.15) is 0 Å². The van der Waals surface area contributed by atoms with Crippen LogP contribution in [-0.4, -0.2) is 60.9 Å². The first-order chi connectivity index (χ1) is 14.4. The Morgan fingerprint density at radius 2 is 1.73 bits per heavy atom. The predicted molar refractivity (Wildman–Crippen MR) is 120 cm³/mol. The molecule has 0 N–H and O–H groups in total. The molecule has 3 rings (SSSR count). The highest BCUT2D eigenvalue weighted by Gasteiger charge is 2.26. The van der Waals surface area contributed by atoms with Crippen LogP contribution in [0, 0.1) is 32.1 Å². The average Bonchev–Trinajstić information content (AvgIpc) is 3.14. The zero-order chi connectivity index (χ0) is 21.7. The van der Waals surface area contributed by atoms with Crippen LogP contribution < -0.4 is 4.90 Å². The third kappa shape index (κ3) is 5.47. The van der Waals surface area contributed by atoms with E-state index in [4.69, 9.17) is 5.26 Å². The van der Waals surface area contributed by atoms with Crippen molar-refractivity contribution in [3.8, 4) is 6.07 Å². The van der Waals surface area contributed by atoms with Gasteiger partial charge in [0, 0.05) is 43.3 Å². The van der Waals surface area contributed by atoms with Gasteiger partial charge in [0.05, 0.1) is 23.9 Å². The molecule has 0 radical (unpaired) electrons. The minimum Gasteiger partial charge on any atom is -0.335 e. The molecule has 30 heavy (non-hydrogen) atoms. The third-order valence-corrected chi connectivity index (χ3v) is 6.22. The summed E-state index contributed by atoms with van der Waals surface area (Å²) in [5, 5.41) is 9.02. The molecule has 1 saturated heterocycles. The molecular formula is C23H28N4O2S. The molecule has 0 aliphatic carbocycles. The number of thiophene rings is 1. The Hall–Kier alpha value is -2.69. The lowest BCUT2D eigenvalue weighted by molar-refractivity contribution is -0.120. The maximum Gasteiger partial charge on any atom is 0.264 e. The Balaban J connectivity index is 1.61. The highest BCUT2D eigenvalue weighted by Crippen LogP contribution is 2.21. The molecule has 0 unspecified atom stereocenters. The smallest absolute Gasteiger partial charge is 0.264 e. The molecular weight excluding hydrogens is 396 g/mol. The van der Waals surface area contributed by atoms with E-state index < -0.39 is 0 Å². The summed E-state index contributed by atoms with van der Waals surface area (Å²) >= 11 is 1.52. The summed E-state index contributed by atoms with van der Waals surface area (Å²) in [6.45, 7) is 9.26. The van der Waals surface area contributed by atoms with Crippen LogP contribution in [-0.2, 0) is 4.79 Å². The van der Waals surface area contributed by atoms with E-state index in [-0.39, 0.29) is 11.8 Å². The quantitative estimate of drug-likeness (QED) is 0.713. The Morgan fingerprint density at radius 3 is 2.30 bits per heavy atom. The van der Waals surface area contributed by atoms with Gasteiger partial charge in [0.2, 0.25) is 5.91 Å². The largest absolute Gasteiger partial charge is 0.335 e. The molecule has 158 valence electrons. The van der Waals surface area contributed by atoms with E-state index in [1.165, 1.54) is 11.3 Å². The lowest BCUT2D eigenvalue weighted by Crippen LogP contribution is -2.51. The van der Waals surface area contributed by atoms with Gasteiger partial charge in [-0.1, -0.05) is 6.07 Å². The second-order valence-electron chi connectivity index (χ2n) is 7.78. The molecule has 7 heteroatoms. The Morgan fingerprint density at radius 1 is 1.07 bits per heavy atom. The van der Waals surface area contributed by atoms with E-state index in [0.29, 0.717) is 45.7 Å². The van der Waals surface area contributed by atoms with Crippen molar-refractivity contribution < 1.29 is 9.59 Å². The molecule has 1 aromatic heterocycles. The van der Waals surface area contributed by atoms with Crippen LogP contribution in [0.25, 0.3) is 0 Å². The number of rotatable bonds is 6. The highest BCUT2D eigenvalue weighted by molar-refractivity contribution is 7.13. The number of hydrogen-bond donors (Lipinski definition) is 0. The molecule has 1 aliphatic rings. The SMILES string of the molecule is Cc1cc(C)cc(N(CCC#N)C(=O)CN2CCN(C(=O)c3ccc(C)s3)CC2)c1. The standard InChI is InChI=1S/C23H28N4O2S/c1-17-13-18(2)15-20(14-17)27(8-4-7-24)22(28)16-25-9-11-26(12-10-25)23(29)21-6-5-19(3)30-21/h5-6,13-15H,4,8-12,16H2,1-3H3. The first kappa shape index (κ1) is 22.0. The highest BCUT2D eigenvalue weighted by atomic mass is 32.1. The van der Waals surface area contributed by atoms with Crippen molar-refractivity contribution in [2.24, 2.45) is 0 Å². The number of hydrogen-bond acceptors (Lipinski definition) is 5. The van der Waals surface area contributed by atoms with Crippen molar-refractivity contribution in [1.29, 1.82) is 5.26 Å². The van der Waals surface area contributed by atoms with E-state index in [0.717, 1.165) is 26.6 Å². The van der Waals surface area contributed by atoms with E-state index in [1.807, 2.05) is 49.9 Å². The van der Waals surface area contributed by atoms with Crippen LogP contribution >= 0.6 is 11.3 Å². The number of anilines is 1. The molecule has 2 aromatic rings. The maximum absolute atomic E-state index is 13.1. The fraction of sp³-hybridized carbons (Fsp3) is 0.435. The monoisotopic (exact) mass is 424 g/mol. The van der Waals surface area contributed by atoms with Crippen molar-refractivity contribution in [2.75, 3.05) is 44.2 Å². The summed E-state index contributed by atoms with van der Waals surface area (Å²) < 4.78 is 0. The summed E-state index contributed by atoms with van der Waals surface area (Å²) in [5.74, 6) is 0.0638. The third-order valence-electron chi connectivity index (χ3n) is 5.24. The molecule has 0 saturated carbocycles. The fourth-order valence-electron chi connectivity index (χ4n) is 3.76. The molecule has 6 nitrogen and oxygen atoms in total. The van der Waals surface area contributed by atoms with E-state index in [9.17, 15) is 9.59 Å². The number of nitrogens with zero attached hydrogens (tertiary/aromatic N) is 4. The van der Waals surface area contributed by atoms with Gasteiger partial charge in [0.25, 0.3) is 5.91 Å². The van der Waals surface area contributed by atoms with E-state index >= 15 is 0 Å². The number of piperazine rings is 1. The number of aryl methyl sites for hydroxylation is 3. The first-order valence-corrected chi connectivity index (χ1v) is 11.0. The van der Waals surface area contributed by atoms with Crippen LogP contribution in [0.3, 0.4) is 0 Å². The van der Waals surface area contributed by atoms with E-state index in [1.54, 1.807) is 4.90 Å². The van der Waals surface area contributed by atoms with Crippen molar-refractivity contribution >= 4 is 28.8 Å². The summed E-state index contributed by atoms with van der Waals surface area (Å²) in [5.41, 5.74) is 3.03. The molecule has 1 fully saturated rings. The number of carbonyl (C=O) groups is 2. The average molecular weight is 425 g/mol. The van der Waals surface area contributed by atoms with Gasteiger partial charge in [-0.25, -0.2) is 0 Å². The minimum atomic E-state index is -0.0103. The molecule has 1 aromatic carbocycles. The summed E-state index contributed by atoms with van der Waals surface area (Å²) in [7, 11) is 0. The molecule has 0 spiro atoms. The second-order valence-corrected chi connectivity index (χ2v) is 9.07. The Kier molecular flexibility index (Phi) is 7.24. The van der Waals surface area contributed by atoms with Crippen molar-refractivity contribution in [3.05, 3.63) is 51.2 Å². The summed E-state index contributed by atoms with van der Waals surface area (Å²) in [4.78, 5) is 33.3.